The van der Waals surface area contributed by atoms with Gasteiger partial charge in [0.2, 0.25) is 21.8 Å². The summed E-state index contributed by atoms with van der Waals surface area (Å²) in [6.07, 6.45) is 2.90. The fourth-order valence-corrected chi connectivity index (χ4v) is 4.78. The predicted molar refractivity (Wildman–Crippen MR) is 142 cm³/mol. The highest BCUT2D eigenvalue weighted by Gasteiger charge is 2.32. The quantitative estimate of drug-likeness (QED) is 0.475. The molecule has 2 amide bonds. The third-order valence-electron chi connectivity index (χ3n) is 6.18. The van der Waals surface area contributed by atoms with Crippen molar-refractivity contribution in [2.45, 2.75) is 72.5 Å². The minimum atomic E-state index is -3.75. The van der Waals surface area contributed by atoms with Gasteiger partial charge in [0.25, 0.3) is 0 Å². The predicted octanol–water partition coefficient (Wildman–Crippen LogP) is 4.05. The molecule has 192 valence electrons. The summed E-state index contributed by atoms with van der Waals surface area (Å²) in [6.45, 7) is 9.51. The van der Waals surface area contributed by atoms with Crippen molar-refractivity contribution < 1.29 is 18.0 Å². The minimum absolute atomic E-state index is 0.0307. The molecule has 0 aliphatic rings. The number of nitrogens with zero attached hydrogens (tertiary/aromatic N) is 2. The van der Waals surface area contributed by atoms with E-state index in [2.05, 4.69) is 5.32 Å². The number of nitrogens with one attached hydrogen (secondary N) is 1. The lowest BCUT2D eigenvalue weighted by Crippen LogP contribution is -2.53. The van der Waals surface area contributed by atoms with Crippen molar-refractivity contribution >= 4 is 27.5 Å². The second kappa shape index (κ2) is 12.7. The van der Waals surface area contributed by atoms with E-state index in [1.807, 2.05) is 71.0 Å². The van der Waals surface area contributed by atoms with E-state index in [4.69, 9.17) is 0 Å². The van der Waals surface area contributed by atoms with Crippen LogP contribution < -0.4 is 9.62 Å². The Bertz CT molecular complexity index is 1100. The molecular formula is C27H39N3O4S. The molecule has 35 heavy (non-hydrogen) atoms. The highest BCUT2D eigenvalue weighted by Crippen LogP contribution is 2.24. The number of rotatable bonds is 12. The van der Waals surface area contributed by atoms with Crippen LogP contribution in [-0.2, 0) is 32.6 Å². The van der Waals surface area contributed by atoms with E-state index in [-0.39, 0.29) is 25.0 Å². The van der Waals surface area contributed by atoms with Crippen molar-refractivity contribution in [3.63, 3.8) is 0 Å². The molecule has 0 unspecified atom stereocenters. The fourth-order valence-electron chi connectivity index (χ4n) is 3.90. The number of sulfonamides is 1. The Morgan fingerprint density at radius 3 is 2.14 bits per heavy atom. The van der Waals surface area contributed by atoms with Crippen LogP contribution in [0.1, 0.15) is 57.2 Å². The lowest BCUT2D eigenvalue weighted by atomic mass is 10.1. The molecule has 2 rings (SSSR count). The third-order valence-corrected chi connectivity index (χ3v) is 7.31. The molecule has 8 heteroatoms. The highest BCUT2D eigenvalue weighted by atomic mass is 32.2. The van der Waals surface area contributed by atoms with Crippen LogP contribution in [0, 0.1) is 6.92 Å². The highest BCUT2D eigenvalue weighted by molar-refractivity contribution is 7.92. The first kappa shape index (κ1) is 28.4. The number of hydrogen-bond acceptors (Lipinski definition) is 4. The molecular weight excluding hydrogens is 462 g/mol. The zero-order valence-corrected chi connectivity index (χ0v) is 22.6. The van der Waals surface area contributed by atoms with Crippen molar-refractivity contribution in [2.24, 2.45) is 0 Å². The molecule has 1 N–H and O–H groups in total. The summed E-state index contributed by atoms with van der Waals surface area (Å²) in [6, 6.07) is 14.2. The standard InChI is InChI=1S/C27H39N3O4S/c1-7-21(5)28-27(32)24(9-3)29(18-22-16-14-20(4)15-17-22)26(31)19-30(35(6,33)34)25-13-11-10-12-23(25)8-2/h10-17,21,24H,7-9,18-19H2,1-6H3,(H,28,32)/t21-,24+/m1/s1. The zero-order chi connectivity index (χ0) is 26.2. The van der Waals surface area contributed by atoms with Crippen LogP contribution in [0.3, 0.4) is 0 Å². The lowest BCUT2D eigenvalue weighted by Gasteiger charge is -2.33. The van der Waals surface area contributed by atoms with Crippen molar-refractivity contribution in [1.29, 1.82) is 0 Å². The molecule has 0 saturated heterocycles. The van der Waals surface area contributed by atoms with E-state index in [1.165, 1.54) is 4.90 Å². The van der Waals surface area contributed by atoms with Crippen molar-refractivity contribution in [2.75, 3.05) is 17.1 Å². The number of para-hydroxylation sites is 1. The Morgan fingerprint density at radius 1 is 0.971 bits per heavy atom. The van der Waals surface area contributed by atoms with E-state index in [0.29, 0.717) is 18.5 Å². The summed E-state index contributed by atoms with van der Waals surface area (Å²) < 4.78 is 26.7. The van der Waals surface area contributed by atoms with E-state index in [9.17, 15) is 18.0 Å². The monoisotopic (exact) mass is 501 g/mol. The summed E-state index contributed by atoms with van der Waals surface area (Å²) >= 11 is 0. The topological polar surface area (TPSA) is 86.8 Å². The first-order valence-electron chi connectivity index (χ1n) is 12.2. The second-order valence-electron chi connectivity index (χ2n) is 9.00. The summed E-state index contributed by atoms with van der Waals surface area (Å²) in [5.74, 6) is -0.657. The lowest BCUT2D eigenvalue weighted by molar-refractivity contribution is -0.140. The van der Waals surface area contributed by atoms with Gasteiger partial charge in [-0.05, 0) is 50.3 Å². The van der Waals surface area contributed by atoms with Crippen molar-refractivity contribution in [3.05, 3.63) is 65.2 Å². The molecule has 2 aromatic carbocycles. The van der Waals surface area contributed by atoms with Crippen LogP contribution >= 0.6 is 0 Å². The number of amides is 2. The van der Waals surface area contributed by atoms with Gasteiger partial charge < -0.3 is 10.2 Å². The molecule has 0 heterocycles. The molecule has 0 saturated carbocycles. The van der Waals surface area contributed by atoms with Crippen LogP contribution in [0.15, 0.2) is 48.5 Å². The molecule has 0 spiro atoms. The Morgan fingerprint density at radius 2 is 1.60 bits per heavy atom. The van der Waals surface area contributed by atoms with Crippen LogP contribution in [-0.4, -0.2) is 50.0 Å². The first-order valence-corrected chi connectivity index (χ1v) is 14.1. The third kappa shape index (κ3) is 7.82. The van der Waals surface area contributed by atoms with Gasteiger partial charge in [0.05, 0.1) is 11.9 Å². The number of hydrogen-bond donors (Lipinski definition) is 1. The number of carbonyl (C=O) groups is 2. The van der Waals surface area contributed by atoms with Gasteiger partial charge in [-0.25, -0.2) is 8.42 Å². The number of benzene rings is 2. The van der Waals surface area contributed by atoms with Crippen LogP contribution in [0.25, 0.3) is 0 Å². The Labute approximate surface area is 210 Å². The van der Waals surface area contributed by atoms with Crippen LogP contribution in [0.5, 0.6) is 0 Å². The molecule has 0 bridgehead atoms. The van der Waals surface area contributed by atoms with E-state index >= 15 is 0 Å². The van der Waals surface area contributed by atoms with Gasteiger partial charge in [0, 0.05) is 12.6 Å². The van der Waals surface area contributed by atoms with E-state index in [0.717, 1.165) is 33.7 Å². The maximum Gasteiger partial charge on any atom is 0.244 e. The summed E-state index contributed by atoms with van der Waals surface area (Å²) in [5.41, 5.74) is 3.28. The summed E-state index contributed by atoms with van der Waals surface area (Å²) in [7, 11) is -3.75. The average Bonchev–Trinajstić information content (AvgIpc) is 2.82. The van der Waals surface area contributed by atoms with Crippen LogP contribution in [0.2, 0.25) is 0 Å². The maximum atomic E-state index is 13.7. The zero-order valence-electron chi connectivity index (χ0n) is 21.7. The molecule has 0 aliphatic heterocycles. The Hall–Kier alpha value is -2.87. The number of carbonyl (C=O) groups excluding carboxylic acids is 2. The van der Waals surface area contributed by atoms with E-state index in [1.54, 1.807) is 12.1 Å². The fraction of sp³-hybridized carbons (Fsp3) is 0.481. The summed E-state index contributed by atoms with van der Waals surface area (Å²) in [5, 5.41) is 2.98. The maximum absolute atomic E-state index is 13.7. The van der Waals surface area contributed by atoms with Crippen LogP contribution in [0.4, 0.5) is 5.69 Å². The number of anilines is 1. The van der Waals surface area contributed by atoms with Crippen molar-refractivity contribution in [1.82, 2.24) is 10.2 Å². The second-order valence-corrected chi connectivity index (χ2v) is 10.9. The average molecular weight is 502 g/mol. The van der Waals surface area contributed by atoms with Gasteiger partial charge in [-0.3, -0.25) is 13.9 Å². The smallest absolute Gasteiger partial charge is 0.244 e. The Balaban J connectivity index is 2.46. The van der Waals surface area contributed by atoms with Gasteiger partial charge in [0.1, 0.15) is 12.6 Å². The van der Waals surface area contributed by atoms with Gasteiger partial charge in [-0.1, -0.05) is 68.8 Å². The molecule has 0 radical (unpaired) electrons. The van der Waals surface area contributed by atoms with Gasteiger partial charge >= 0.3 is 0 Å². The molecule has 7 nitrogen and oxygen atoms in total. The molecule has 2 atom stereocenters. The molecule has 0 aromatic heterocycles. The van der Waals surface area contributed by atoms with E-state index < -0.39 is 22.0 Å². The van der Waals surface area contributed by atoms with Crippen molar-refractivity contribution in [3.8, 4) is 0 Å². The first-order chi connectivity index (χ1) is 16.5. The van der Waals surface area contributed by atoms with Gasteiger partial charge in [-0.2, -0.15) is 0 Å². The minimum Gasteiger partial charge on any atom is -0.352 e. The molecule has 0 fully saturated rings. The van der Waals surface area contributed by atoms with Gasteiger partial charge in [-0.15, -0.1) is 0 Å². The largest absolute Gasteiger partial charge is 0.352 e. The molecule has 0 aliphatic carbocycles. The van der Waals surface area contributed by atoms with Gasteiger partial charge in [0.15, 0.2) is 0 Å². The molecule has 2 aromatic rings. The SMILES string of the molecule is CCc1ccccc1N(CC(=O)N(Cc1ccc(C)cc1)[C@@H](CC)C(=O)N[C@H](C)CC)S(C)(=O)=O. The Kier molecular flexibility index (Phi) is 10.3. The summed E-state index contributed by atoms with van der Waals surface area (Å²) in [4.78, 5) is 28.4. The normalized spacial score (nSPS) is 13.1. The number of aryl methyl sites for hydroxylation is 2.